The van der Waals surface area contributed by atoms with Crippen LogP contribution in [-0.2, 0) is 16.0 Å². The average molecular weight is 348 g/mol. The number of hydrogen-bond donors (Lipinski definition) is 2. The molecule has 0 radical (unpaired) electrons. The van der Waals surface area contributed by atoms with E-state index in [1.165, 1.54) is 5.56 Å². The van der Waals surface area contributed by atoms with E-state index in [9.17, 15) is 9.59 Å². The number of aryl methyl sites for hydroxylation is 1. The van der Waals surface area contributed by atoms with Crippen LogP contribution in [0.25, 0.3) is 0 Å². The van der Waals surface area contributed by atoms with E-state index in [4.69, 9.17) is 0 Å². The smallest absolute Gasteiger partial charge is 0.240 e. The minimum Gasteiger partial charge on any atom is -0.326 e. The molecule has 2 amide bonds. The minimum absolute atomic E-state index is 0.0142. The number of aromatic nitrogens is 1. The Bertz CT molecular complexity index is 874. The normalized spacial score (nSPS) is 19.2. The van der Waals surface area contributed by atoms with Gasteiger partial charge in [-0.05, 0) is 48.6 Å². The summed E-state index contributed by atoms with van der Waals surface area (Å²) in [6.45, 7) is 0. The van der Waals surface area contributed by atoms with Crippen molar-refractivity contribution in [1.29, 1.82) is 0 Å². The van der Waals surface area contributed by atoms with Gasteiger partial charge in [0.25, 0.3) is 0 Å². The van der Waals surface area contributed by atoms with Crippen LogP contribution >= 0.6 is 0 Å². The molecular weight excluding hydrogens is 328 g/mol. The van der Waals surface area contributed by atoms with E-state index >= 15 is 0 Å². The molecule has 0 bridgehead atoms. The van der Waals surface area contributed by atoms with Crippen LogP contribution in [-0.4, -0.2) is 22.5 Å². The van der Waals surface area contributed by atoms with Crippen molar-refractivity contribution in [2.75, 3.05) is 5.32 Å². The van der Waals surface area contributed by atoms with Gasteiger partial charge in [0.2, 0.25) is 11.8 Å². The molecule has 1 atom stereocenters. The number of rotatable bonds is 3. The summed E-state index contributed by atoms with van der Waals surface area (Å²) >= 11 is 0. The number of carbonyl (C=O) groups is 2. The first-order valence-corrected chi connectivity index (χ1v) is 8.91. The van der Waals surface area contributed by atoms with Crippen LogP contribution in [0.1, 0.15) is 48.4 Å². The van der Waals surface area contributed by atoms with Crippen molar-refractivity contribution in [3.63, 3.8) is 0 Å². The molecule has 0 saturated heterocycles. The third-order valence-corrected chi connectivity index (χ3v) is 4.90. The zero-order valence-electron chi connectivity index (χ0n) is 14.4. The van der Waals surface area contributed by atoms with E-state index in [-0.39, 0.29) is 17.7 Å². The van der Waals surface area contributed by atoms with E-state index in [2.05, 4.69) is 26.9 Å². The number of pyridine rings is 1. The van der Waals surface area contributed by atoms with Gasteiger partial charge in [-0.1, -0.05) is 18.2 Å². The summed E-state index contributed by atoms with van der Waals surface area (Å²) in [6, 6.07) is 11.6. The second-order valence-corrected chi connectivity index (χ2v) is 6.65. The highest BCUT2D eigenvalue weighted by atomic mass is 16.2. The Morgan fingerprint density at radius 3 is 2.73 bits per heavy atom. The molecule has 2 heterocycles. The molecule has 6 nitrogen and oxygen atoms in total. The lowest BCUT2D eigenvalue weighted by Gasteiger charge is -2.23. The molecule has 26 heavy (non-hydrogen) atoms. The zero-order chi connectivity index (χ0) is 17.9. The van der Waals surface area contributed by atoms with Gasteiger partial charge in [-0.2, -0.15) is 5.10 Å². The van der Waals surface area contributed by atoms with Gasteiger partial charge in [0.15, 0.2) is 0 Å². The van der Waals surface area contributed by atoms with Crippen LogP contribution < -0.4 is 10.7 Å². The van der Waals surface area contributed by atoms with Crippen LogP contribution in [0.4, 0.5) is 5.69 Å². The Kier molecular flexibility index (Phi) is 4.48. The molecule has 1 aliphatic heterocycles. The lowest BCUT2D eigenvalue weighted by Crippen LogP contribution is -2.26. The van der Waals surface area contributed by atoms with Gasteiger partial charge in [-0.15, -0.1) is 0 Å². The second kappa shape index (κ2) is 7.07. The van der Waals surface area contributed by atoms with Crippen molar-refractivity contribution in [2.24, 2.45) is 5.10 Å². The topological polar surface area (TPSA) is 83.5 Å². The van der Waals surface area contributed by atoms with Gasteiger partial charge in [0, 0.05) is 24.7 Å². The number of nitrogens with one attached hydrogen (secondary N) is 2. The molecule has 1 aliphatic carbocycles. The number of anilines is 1. The number of benzene rings is 1. The van der Waals surface area contributed by atoms with E-state index in [0.717, 1.165) is 41.9 Å². The van der Waals surface area contributed by atoms with Gasteiger partial charge in [-0.3, -0.25) is 14.6 Å². The van der Waals surface area contributed by atoms with Crippen LogP contribution in [0.3, 0.4) is 0 Å². The summed E-state index contributed by atoms with van der Waals surface area (Å²) in [4.78, 5) is 28.3. The summed E-state index contributed by atoms with van der Waals surface area (Å²) in [7, 11) is 0. The van der Waals surface area contributed by atoms with E-state index < -0.39 is 0 Å². The van der Waals surface area contributed by atoms with Crippen molar-refractivity contribution >= 4 is 23.2 Å². The van der Waals surface area contributed by atoms with Crippen molar-refractivity contribution < 1.29 is 9.59 Å². The fourth-order valence-corrected chi connectivity index (χ4v) is 3.52. The molecule has 132 valence electrons. The van der Waals surface area contributed by atoms with Gasteiger partial charge in [-0.25, -0.2) is 5.43 Å². The lowest BCUT2D eigenvalue weighted by atomic mass is 9.86. The molecule has 2 N–H and O–H groups in total. The third-order valence-electron chi connectivity index (χ3n) is 4.90. The number of fused-ring (bicyclic) bond motifs is 1. The number of hydrazone groups is 1. The zero-order valence-corrected chi connectivity index (χ0v) is 14.4. The first-order chi connectivity index (χ1) is 12.7. The molecule has 0 saturated carbocycles. The van der Waals surface area contributed by atoms with Gasteiger partial charge in [0.05, 0.1) is 17.3 Å². The van der Waals surface area contributed by atoms with E-state index in [1.807, 2.05) is 30.3 Å². The molecule has 0 fully saturated rings. The lowest BCUT2D eigenvalue weighted by molar-refractivity contribution is -0.121. The summed E-state index contributed by atoms with van der Waals surface area (Å²) in [5.74, 6) is -0.267. The second-order valence-electron chi connectivity index (χ2n) is 6.65. The molecule has 0 spiro atoms. The highest BCUT2D eigenvalue weighted by Crippen LogP contribution is 2.30. The van der Waals surface area contributed by atoms with Crippen LogP contribution in [0, 0.1) is 0 Å². The van der Waals surface area contributed by atoms with Crippen LogP contribution in [0.15, 0.2) is 47.7 Å². The summed E-state index contributed by atoms with van der Waals surface area (Å²) in [5, 5.41) is 7.09. The Morgan fingerprint density at radius 2 is 1.96 bits per heavy atom. The predicted octanol–water partition coefficient (Wildman–Crippen LogP) is 2.75. The molecule has 6 heteroatoms. The SMILES string of the molecule is O=C1CCC(c2ccc(NC(=O)C3CCCc4cccnc43)cc2)=NN1. The molecule has 1 aromatic heterocycles. The number of hydrogen-bond acceptors (Lipinski definition) is 4. The summed E-state index contributed by atoms with van der Waals surface area (Å²) < 4.78 is 0. The van der Waals surface area contributed by atoms with Crippen molar-refractivity contribution in [3.8, 4) is 0 Å². The van der Waals surface area contributed by atoms with Crippen molar-refractivity contribution in [3.05, 3.63) is 59.4 Å². The summed E-state index contributed by atoms with van der Waals surface area (Å²) in [5.41, 5.74) is 7.14. The van der Waals surface area contributed by atoms with Crippen LogP contribution in [0.2, 0.25) is 0 Å². The number of amides is 2. The maximum Gasteiger partial charge on any atom is 0.240 e. The quantitative estimate of drug-likeness (QED) is 0.895. The monoisotopic (exact) mass is 348 g/mol. The minimum atomic E-state index is -0.197. The molecule has 1 aromatic carbocycles. The molecular formula is C20H20N4O2. The van der Waals surface area contributed by atoms with E-state index in [0.29, 0.717) is 12.8 Å². The first-order valence-electron chi connectivity index (χ1n) is 8.91. The van der Waals surface area contributed by atoms with Crippen molar-refractivity contribution in [2.45, 2.75) is 38.0 Å². The molecule has 2 aromatic rings. The molecule has 1 unspecified atom stereocenters. The largest absolute Gasteiger partial charge is 0.326 e. The summed E-state index contributed by atoms with van der Waals surface area (Å²) in [6.07, 6.45) is 5.64. The molecule has 4 rings (SSSR count). The number of carbonyl (C=O) groups excluding carboxylic acids is 2. The first kappa shape index (κ1) is 16.4. The Labute approximate surface area is 151 Å². The average Bonchev–Trinajstić information content (AvgIpc) is 2.69. The Balaban J connectivity index is 1.46. The predicted molar refractivity (Wildman–Crippen MR) is 98.9 cm³/mol. The van der Waals surface area contributed by atoms with Gasteiger partial charge < -0.3 is 5.32 Å². The number of nitrogens with zero attached hydrogens (tertiary/aromatic N) is 2. The Morgan fingerprint density at radius 1 is 1.12 bits per heavy atom. The standard InChI is InChI=1S/C20H20N4O2/c25-18-11-10-17(23-24-18)13-6-8-15(9-7-13)22-20(26)16-5-1-3-14-4-2-12-21-19(14)16/h2,4,6-9,12,16H,1,3,5,10-11H2,(H,22,26)(H,24,25). The van der Waals surface area contributed by atoms with Gasteiger partial charge >= 0.3 is 0 Å². The maximum absolute atomic E-state index is 12.7. The Hall–Kier alpha value is -3.02. The third kappa shape index (κ3) is 3.35. The van der Waals surface area contributed by atoms with Crippen LogP contribution in [0.5, 0.6) is 0 Å². The molecule has 2 aliphatic rings. The van der Waals surface area contributed by atoms with Gasteiger partial charge in [0.1, 0.15) is 0 Å². The maximum atomic E-state index is 12.7. The highest BCUT2D eigenvalue weighted by Gasteiger charge is 2.27. The van der Waals surface area contributed by atoms with E-state index in [1.54, 1.807) is 6.20 Å². The fourth-order valence-electron chi connectivity index (χ4n) is 3.52. The highest BCUT2D eigenvalue weighted by molar-refractivity contribution is 6.04. The van der Waals surface area contributed by atoms with Crippen molar-refractivity contribution in [1.82, 2.24) is 10.4 Å². The fraction of sp³-hybridized carbons (Fsp3) is 0.300.